The summed E-state index contributed by atoms with van der Waals surface area (Å²) in [4.78, 5) is 32.0. The Balaban J connectivity index is 1.83. The molecule has 1 N–H and O–H groups in total. The Morgan fingerprint density at radius 1 is 1.07 bits per heavy atom. The fraction of sp³-hybridized carbons (Fsp3) is 0.290. The van der Waals surface area contributed by atoms with Gasteiger partial charge < -0.3 is 29.2 Å². The van der Waals surface area contributed by atoms with E-state index in [1.54, 1.807) is 13.8 Å². The van der Waals surface area contributed by atoms with Crippen molar-refractivity contribution < 1.29 is 41.0 Å². The van der Waals surface area contributed by atoms with E-state index in [2.05, 4.69) is 15.2 Å². The van der Waals surface area contributed by atoms with Crippen molar-refractivity contribution in [3.8, 4) is 22.6 Å². The number of amides is 2. The molecule has 0 unspecified atom stereocenters. The number of aromatic amines is 1. The van der Waals surface area contributed by atoms with Gasteiger partial charge in [0.2, 0.25) is 12.3 Å². The summed E-state index contributed by atoms with van der Waals surface area (Å²) < 4.78 is 82.7. The minimum Gasteiger partial charge on any atom is -0.493 e. The van der Waals surface area contributed by atoms with Gasteiger partial charge in [0, 0.05) is 31.4 Å². The van der Waals surface area contributed by atoms with E-state index in [1.807, 2.05) is 0 Å². The lowest BCUT2D eigenvalue weighted by Crippen LogP contribution is -2.43. The number of aromatic nitrogens is 3. The van der Waals surface area contributed by atoms with Crippen LogP contribution in [-0.2, 0) is 22.4 Å². The first-order chi connectivity index (χ1) is 21.7. The molecule has 46 heavy (non-hydrogen) atoms. The minimum atomic E-state index is -4.85. The fourth-order valence-corrected chi connectivity index (χ4v) is 4.87. The normalized spacial score (nSPS) is 11.4. The molecule has 0 spiro atoms. The molecule has 0 aliphatic carbocycles. The Bertz CT molecular complexity index is 1680. The number of nitrogens with one attached hydrogen (secondary N) is 1. The average Bonchev–Trinajstić information content (AvgIpc) is 3.53. The van der Waals surface area contributed by atoms with Gasteiger partial charge in [-0.3, -0.25) is 9.59 Å². The predicted octanol–water partition coefficient (Wildman–Crippen LogP) is 5.83. The van der Waals surface area contributed by atoms with Crippen molar-refractivity contribution in [3.05, 3.63) is 77.9 Å². The highest BCUT2D eigenvalue weighted by Crippen LogP contribution is 2.46. The Kier molecular flexibility index (Phi) is 10.1. The van der Waals surface area contributed by atoms with Crippen LogP contribution in [0.1, 0.15) is 25.2 Å². The highest BCUT2D eigenvalue weighted by atomic mass is 19.4. The second-order valence-corrected chi connectivity index (χ2v) is 10.5. The zero-order chi connectivity index (χ0) is 33.8. The molecule has 1 heterocycles. The van der Waals surface area contributed by atoms with Crippen molar-refractivity contribution >= 4 is 29.4 Å². The number of H-pyrrole nitrogens is 1. The van der Waals surface area contributed by atoms with Gasteiger partial charge in [-0.15, -0.1) is 10.2 Å². The Morgan fingerprint density at radius 3 is 2.33 bits per heavy atom. The van der Waals surface area contributed by atoms with Gasteiger partial charge in [0.15, 0.2) is 23.1 Å². The lowest BCUT2D eigenvalue weighted by atomic mass is 9.97. The monoisotopic (exact) mass is 646 g/mol. The molecule has 2 amide bonds. The number of hydrogen-bond acceptors (Lipinski definition) is 7. The van der Waals surface area contributed by atoms with E-state index in [0.29, 0.717) is 12.1 Å². The number of anilines is 3. The van der Waals surface area contributed by atoms with E-state index in [4.69, 9.17) is 9.47 Å². The molecule has 10 nitrogen and oxygen atoms in total. The van der Waals surface area contributed by atoms with Crippen LogP contribution in [0.2, 0.25) is 0 Å². The lowest BCUT2D eigenvalue weighted by Gasteiger charge is -2.32. The van der Waals surface area contributed by atoms with Gasteiger partial charge >= 0.3 is 6.18 Å². The summed E-state index contributed by atoms with van der Waals surface area (Å²) in [6.45, 7) is 2.83. The number of halogens is 5. The molecular formula is C31H31F5N6O4. The molecule has 0 saturated heterocycles. The van der Waals surface area contributed by atoms with Crippen molar-refractivity contribution in [2.75, 3.05) is 42.4 Å². The van der Waals surface area contributed by atoms with Crippen molar-refractivity contribution in [1.82, 2.24) is 15.2 Å². The van der Waals surface area contributed by atoms with Crippen molar-refractivity contribution in [2.45, 2.75) is 32.7 Å². The first-order valence-electron chi connectivity index (χ1n) is 13.8. The number of benzene rings is 3. The highest BCUT2D eigenvalue weighted by Gasteiger charge is 2.34. The van der Waals surface area contributed by atoms with Gasteiger partial charge in [0.25, 0.3) is 0 Å². The third kappa shape index (κ3) is 7.35. The number of likely N-dealkylation sites (N-methyl/N-ethyl adjacent to an activating group) is 1. The number of alkyl halides is 3. The van der Waals surface area contributed by atoms with Crippen LogP contribution in [0.5, 0.6) is 11.5 Å². The molecule has 0 radical (unpaired) electrons. The van der Waals surface area contributed by atoms with Gasteiger partial charge in [-0.2, -0.15) is 13.2 Å². The molecule has 0 aliphatic heterocycles. The van der Waals surface area contributed by atoms with E-state index >= 15 is 4.39 Å². The van der Waals surface area contributed by atoms with E-state index in [9.17, 15) is 27.2 Å². The Labute approximate surface area is 261 Å². The van der Waals surface area contributed by atoms with Crippen LogP contribution in [-0.4, -0.2) is 61.3 Å². The summed E-state index contributed by atoms with van der Waals surface area (Å²) in [7, 11) is 3.95. The predicted molar refractivity (Wildman–Crippen MR) is 161 cm³/mol. The SMILES string of the molecule is COc1cc(-c2cc(C(F)(F)F)cc(N(C)CC(=O)N(c3ccc(F)cc3)C(C)C)c2N(C)C=O)cc(F)c1OCc1nnc[nH]1. The zero-order valence-corrected chi connectivity index (χ0v) is 25.5. The summed E-state index contributed by atoms with van der Waals surface area (Å²) in [5.74, 6) is -2.14. The summed E-state index contributed by atoms with van der Waals surface area (Å²) in [5, 5.41) is 7.37. The number of nitrogens with zero attached hydrogens (tertiary/aromatic N) is 5. The number of hydrogen-bond donors (Lipinski definition) is 1. The quantitative estimate of drug-likeness (QED) is 0.153. The lowest BCUT2D eigenvalue weighted by molar-refractivity contribution is -0.137. The number of carbonyl (C=O) groups is 2. The summed E-state index contributed by atoms with van der Waals surface area (Å²) in [6.07, 6.45) is -3.17. The molecular weight excluding hydrogens is 615 g/mol. The number of ether oxygens (including phenoxy) is 2. The maximum Gasteiger partial charge on any atom is 0.416 e. The Morgan fingerprint density at radius 2 is 1.76 bits per heavy atom. The van der Waals surface area contributed by atoms with Crippen LogP contribution < -0.4 is 24.2 Å². The summed E-state index contributed by atoms with van der Waals surface area (Å²) in [5.41, 5.74) is -1.13. The molecule has 1 aromatic heterocycles. The average molecular weight is 647 g/mol. The van der Waals surface area contributed by atoms with Crippen molar-refractivity contribution in [2.24, 2.45) is 0 Å². The summed E-state index contributed by atoms with van der Waals surface area (Å²) in [6, 6.07) is 8.67. The second-order valence-electron chi connectivity index (χ2n) is 10.5. The molecule has 244 valence electrons. The fourth-order valence-electron chi connectivity index (χ4n) is 4.87. The first kappa shape index (κ1) is 33.7. The zero-order valence-electron chi connectivity index (χ0n) is 25.5. The molecule has 0 fully saturated rings. The van der Waals surface area contributed by atoms with E-state index in [1.165, 1.54) is 67.7 Å². The molecule has 3 aromatic carbocycles. The minimum absolute atomic E-state index is 0.0343. The van der Waals surface area contributed by atoms with Crippen molar-refractivity contribution in [3.63, 3.8) is 0 Å². The van der Waals surface area contributed by atoms with Gasteiger partial charge in [-0.25, -0.2) is 8.78 Å². The van der Waals surface area contributed by atoms with Crippen LogP contribution in [0, 0.1) is 11.6 Å². The molecule has 0 aliphatic rings. The molecule has 0 saturated carbocycles. The van der Waals surface area contributed by atoms with Gasteiger partial charge in [-0.05, 0) is 67.9 Å². The van der Waals surface area contributed by atoms with E-state index in [-0.39, 0.29) is 52.5 Å². The standard InChI is InChI=1S/C31H31F5N6O4/c1-18(2)42(22-8-6-21(32)7-9-22)28(44)14-40(3)25-13-20(31(34,35)36)12-23(29(25)41(4)17-43)19-10-24(33)30(26(11-19)45-5)46-15-27-37-16-38-39-27/h6-13,16-18H,14-15H2,1-5H3,(H,37,38,39). The summed E-state index contributed by atoms with van der Waals surface area (Å²) >= 11 is 0. The first-order valence-corrected chi connectivity index (χ1v) is 13.8. The molecule has 4 rings (SSSR count). The maximum atomic E-state index is 15.5. The highest BCUT2D eigenvalue weighted by molar-refractivity contribution is 6.00. The van der Waals surface area contributed by atoms with Gasteiger partial charge in [0.1, 0.15) is 18.8 Å². The van der Waals surface area contributed by atoms with E-state index in [0.717, 1.165) is 23.1 Å². The molecule has 15 heteroatoms. The second kappa shape index (κ2) is 13.8. The van der Waals surface area contributed by atoms with Crippen LogP contribution in [0.15, 0.2) is 54.9 Å². The van der Waals surface area contributed by atoms with E-state index < -0.39 is 35.8 Å². The molecule has 0 atom stereocenters. The molecule has 4 aromatic rings. The molecule has 0 bridgehead atoms. The third-order valence-electron chi connectivity index (χ3n) is 6.96. The topological polar surface area (TPSA) is 104 Å². The van der Waals surface area contributed by atoms with Gasteiger partial charge in [0.05, 0.1) is 30.6 Å². The number of rotatable bonds is 12. The van der Waals surface area contributed by atoms with Crippen molar-refractivity contribution in [1.29, 1.82) is 0 Å². The number of carbonyl (C=O) groups excluding carboxylic acids is 2. The van der Waals surface area contributed by atoms with Crippen LogP contribution in [0.25, 0.3) is 11.1 Å². The Hall–Kier alpha value is -5.21. The smallest absolute Gasteiger partial charge is 0.416 e. The third-order valence-corrected chi connectivity index (χ3v) is 6.96. The number of methoxy groups -OCH3 is 1. The van der Waals surface area contributed by atoms with Gasteiger partial charge in [-0.1, -0.05) is 0 Å². The van der Waals surface area contributed by atoms with Crippen LogP contribution in [0.3, 0.4) is 0 Å². The largest absolute Gasteiger partial charge is 0.493 e. The van der Waals surface area contributed by atoms with Crippen LogP contribution in [0.4, 0.5) is 39.0 Å². The van der Waals surface area contributed by atoms with Crippen LogP contribution >= 0.6 is 0 Å². The maximum absolute atomic E-state index is 15.5.